The highest BCUT2D eigenvalue weighted by atomic mass is 79.9. The van der Waals surface area contributed by atoms with Gasteiger partial charge in [0.05, 0.1) is 5.69 Å². The van der Waals surface area contributed by atoms with Crippen LogP contribution in [0.25, 0.3) is 0 Å². The van der Waals surface area contributed by atoms with Gasteiger partial charge in [0, 0.05) is 15.4 Å². The molecule has 0 aliphatic heterocycles. The van der Waals surface area contributed by atoms with E-state index in [1.54, 1.807) is 0 Å². The van der Waals surface area contributed by atoms with Crippen LogP contribution in [0.15, 0.2) is 27.1 Å². The van der Waals surface area contributed by atoms with Gasteiger partial charge >= 0.3 is 0 Å². The Bertz CT molecular complexity index is 382. The predicted molar refractivity (Wildman–Crippen MR) is 73.3 cm³/mol. The van der Waals surface area contributed by atoms with Crippen molar-refractivity contribution in [3.8, 4) is 0 Å². The second-order valence-electron chi connectivity index (χ2n) is 3.72. The summed E-state index contributed by atoms with van der Waals surface area (Å²) in [6.07, 6.45) is 0.443. The van der Waals surface area contributed by atoms with Crippen molar-refractivity contribution in [1.82, 2.24) is 0 Å². The van der Waals surface area contributed by atoms with Crippen molar-refractivity contribution in [2.45, 2.75) is 13.3 Å². The SMILES string of the molecule is CC(CN)CC(=O)Nc1ccc(Br)cc1Br. The largest absolute Gasteiger partial charge is 0.330 e. The zero-order chi connectivity index (χ0) is 12.1. The van der Waals surface area contributed by atoms with Crippen molar-refractivity contribution in [3.05, 3.63) is 27.1 Å². The molecular weight excluding hydrogens is 336 g/mol. The molecule has 0 spiro atoms. The summed E-state index contributed by atoms with van der Waals surface area (Å²) in [6.45, 7) is 2.48. The summed E-state index contributed by atoms with van der Waals surface area (Å²) in [7, 11) is 0. The number of hydrogen-bond donors (Lipinski definition) is 2. The van der Waals surface area contributed by atoms with E-state index in [1.165, 1.54) is 0 Å². The minimum absolute atomic E-state index is 0.0130. The quantitative estimate of drug-likeness (QED) is 0.877. The molecule has 1 amide bonds. The van der Waals surface area contributed by atoms with Gasteiger partial charge in [0.15, 0.2) is 0 Å². The lowest BCUT2D eigenvalue weighted by Gasteiger charge is -2.10. The normalized spacial score (nSPS) is 12.2. The number of benzene rings is 1. The molecule has 1 aromatic rings. The molecule has 88 valence electrons. The maximum atomic E-state index is 11.6. The number of amides is 1. The van der Waals surface area contributed by atoms with Crippen LogP contribution in [0.5, 0.6) is 0 Å². The fraction of sp³-hybridized carbons (Fsp3) is 0.364. The van der Waals surface area contributed by atoms with Crippen LogP contribution in [-0.2, 0) is 4.79 Å². The number of nitrogens with one attached hydrogen (secondary N) is 1. The fourth-order valence-electron chi connectivity index (χ4n) is 1.19. The third kappa shape index (κ3) is 4.23. The first-order chi connectivity index (χ1) is 7.52. The van der Waals surface area contributed by atoms with Gasteiger partial charge in [-0.3, -0.25) is 4.79 Å². The topological polar surface area (TPSA) is 55.1 Å². The van der Waals surface area contributed by atoms with Gasteiger partial charge in [-0.1, -0.05) is 22.9 Å². The number of carbonyl (C=O) groups excluding carboxylic acids is 1. The fourth-order valence-corrected chi connectivity index (χ4v) is 2.34. The highest BCUT2D eigenvalue weighted by Crippen LogP contribution is 2.26. The van der Waals surface area contributed by atoms with E-state index in [9.17, 15) is 4.79 Å². The van der Waals surface area contributed by atoms with Crippen LogP contribution in [0.4, 0.5) is 5.69 Å². The van der Waals surface area contributed by atoms with E-state index in [4.69, 9.17) is 5.73 Å². The Morgan fingerprint density at radius 2 is 2.19 bits per heavy atom. The summed E-state index contributed by atoms with van der Waals surface area (Å²) in [4.78, 5) is 11.6. The minimum Gasteiger partial charge on any atom is -0.330 e. The van der Waals surface area contributed by atoms with Gasteiger partial charge in [0.1, 0.15) is 0 Å². The molecule has 0 radical (unpaired) electrons. The summed E-state index contributed by atoms with van der Waals surface area (Å²) in [5, 5.41) is 2.84. The van der Waals surface area contributed by atoms with E-state index in [-0.39, 0.29) is 11.8 Å². The predicted octanol–water partition coefficient (Wildman–Crippen LogP) is 3.14. The summed E-state index contributed by atoms with van der Waals surface area (Å²) in [6, 6.07) is 5.62. The van der Waals surface area contributed by atoms with Gasteiger partial charge in [-0.15, -0.1) is 0 Å². The number of nitrogens with two attached hydrogens (primary N) is 1. The van der Waals surface area contributed by atoms with E-state index in [2.05, 4.69) is 37.2 Å². The zero-order valence-electron chi connectivity index (χ0n) is 8.97. The Morgan fingerprint density at radius 1 is 1.50 bits per heavy atom. The van der Waals surface area contributed by atoms with E-state index in [0.717, 1.165) is 14.6 Å². The van der Waals surface area contributed by atoms with Gasteiger partial charge < -0.3 is 11.1 Å². The van der Waals surface area contributed by atoms with Gasteiger partial charge in [-0.25, -0.2) is 0 Å². The Hall–Kier alpha value is -0.390. The van der Waals surface area contributed by atoms with Gasteiger partial charge in [-0.05, 0) is 46.6 Å². The van der Waals surface area contributed by atoms with E-state index in [0.29, 0.717) is 13.0 Å². The second-order valence-corrected chi connectivity index (χ2v) is 5.49. The molecule has 5 heteroatoms. The van der Waals surface area contributed by atoms with Crippen LogP contribution in [0, 0.1) is 5.92 Å². The Balaban J connectivity index is 2.63. The second kappa shape index (κ2) is 6.37. The molecule has 16 heavy (non-hydrogen) atoms. The zero-order valence-corrected chi connectivity index (χ0v) is 12.1. The first-order valence-corrected chi connectivity index (χ1v) is 6.56. The molecule has 0 aliphatic rings. The third-order valence-electron chi connectivity index (χ3n) is 2.14. The average Bonchev–Trinajstić information content (AvgIpc) is 2.22. The Kier molecular flexibility index (Phi) is 5.44. The van der Waals surface area contributed by atoms with Crippen molar-refractivity contribution >= 4 is 43.5 Å². The molecule has 3 nitrogen and oxygen atoms in total. The van der Waals surface area contributed by atoms with Crippen molar-refractivity contribution < 1.29 is 4.79 Å². The molecular formula is C11H14Br2N2O. The maximum Gasteiger partial charge on any atom is 0.224 e. The summed E-state index contributed by atoms with van der Waals surface area (Å²) < 4.78 is 1.82. The highest BCUT2D eigenvalue weighted by molar-refractivity contribution is 9.11. The number of halogens is 2. The highest BCUT2D eigenvalue weighted by Gasteiger charge is 2.09. The standard InChI is InChI=1S/C11H14Br2N2O/c1-7(6-14)4-11(16)15-10-3-2-8(12)5-9(10)13/h2-3,5,7H,4,6,14H2,1H3,(H,15,16). The van der Waals surface area contributed by atoms with Crippen LogP contribution in [0.2, 0.25) is 0 Å². The average molecular weight is 350 g/mol. The first kappa shape index (κ1) is 13.7. The summed E-state index contributed by atoms with van der Waals surface area (Å²) >= 11 is 6.74. The van der Waals surface area contributed by atoms with Crippen molar-refractivity contribution in [2.24, 2.45) is 11.7 Å². The summed E-state index contributed by atoms with van der Waals surface area (Å²) in [5.74, 6) is 0.190. The Morgan fingerprint density at radius 3 is 2.75 bits per heavy atom. The molecule has 0 aliphatic carbocycles. The monoisotopic (exact) mass is 348 g/mol. The maximum absolute atomic E-state index is 11.6. The van der Waals surface area contributed by atoms with Crippen LogP contribution in [0.1, 0.15) is 13.3 Å². The molecule has 1 aromatic carbocycles. The van der Waals surface area contributed by atoms with Gasteiger partial charge in [0.25, 0.3) is 0 Å². The molecule has 0 saturated carbocycles. The van der Waals surface area contributed by atoms with Crippen LogP contribution in [-0.4, -0.2) is 12.5 Å². The molecule has 1 rings (SSSR count). The van der Waals surface area contributed by atoms with Gasteiger partial charge in [-0.2, -0.15) is 0 Å². The summed E-state index contributed by atoms with van der Waals surface area (Å²) in [5.41, 5.74) is 6.24. The number of carbonyl (C=O) groups is 1. The number of hydrogen-bond acceptors (Lipinski definition) is 2. The third-order valence-corrected chi connectivity index (χ3v) is 3.29. The molecule has 0 bridgehead atoms. The van der Waals surface area contributed by atoms with Gasteiger partial charge in [0.2, 0.25) is 5.91 Å². The van der Waals surface area contributed by atoms with Crippen molar-refractivity contribution in [3.63, 3.8) is 0 Å². The molecule has 0 aromatic heterocycles. The lowest BCUT2D eigenvalue weighted by atomic mass is 10.1. The number of anilines is 1. The minimum atomic E-state index is -0.0130. The van der Waals surface area contributed by atoms with Crippen LogP contribution >= 0.6 is 31.9 Å². The lowest BCUT2D eigenvalue weighted by Crippen LogP contribution is -2.20. The van der Waals surface area contributed by atoms with E-state index >= 15 is 0 Å². The molecule has 1 atom stereocenters. The van der Waals surface area contributed by atoms with E-state index in [1.807, 2.05) is 25.1 Å². The van der Waals surface area contributed by atoms with Crippen molar-refractivity contribution in [2.75, 3.05) is 11.9 Å². The molecule has 0 saturated heterocycles. The molecule has 1 unspecified atom stereocenters. The molecule has 0 heterocycles. The first-order valence-electron chi connectivity index (χ1n) is 4.98. The van der Waals surface area contributed by atoms with Crippen LogP contribution in [0.3, 0.4) is 0 Å². The van der Waals surface area contributed by atoms with Crippen molar-refractivity contribution in [1.29, 1.82) is 0 Å². The Labute approximate surface area is 112 Å². The van der Waals surface area contributed by atoms with E-state index < -0.39 is 0 Å². The molecule has 3 N–H and O–H groups in total. The smallest absolute Gasteiger partial charge is 0.224 e. The lowest BCUT2D eigenvalue weighted by molar-refractivity contribution is -0.116. The van der Waals surface area contributed by atoms with Crippen LogP contribution < -0.4 is 11.1 Å². The number of rotatable bonds is 4. The molecule has 0 fully saturated rings.